The summed E-state index contributed by atoms with van der Waals surface area (Å²) in [5.41, 5.74) is 4.02. The number of rotatable bonds is 1. The highest BCUT2D eigenvalue weighted by atomic mass is 16.3. The van der Waals surface area contributed by atoms with E-state index in [1.165, 1.54) is 0 Å². The van der Waals surface area contributed by atoms with Crippen LogP contribution in [0.4, 0.5) is 0 Å². The second-order valence-corrected chi connectivity index (χ2v) is 2.80. The topological polar surface area (TPSA) is 33.1 Å². The number of aliphatic hydroxyl groups is 1. The van der Waals surface area contributed by atoms with Gasteiger partial charge in [-0.3, -0.25) is 4.98 Å². The van der Waals surface area contributed by atoms with Crippen LogP contribution in [0.2, 0.25) is 0 Å². The summed E-state index contributed by atoms with van der Waals surface area (Å²) < 4.78 is 0. The van der Waals surface area contributed by atoms with E-state index in [-0.39, 0.29) is 6.61 Å². The smallest absolute Gasteiger partial charge is 0.0702 e. The Hall–Kier alpha value is -0.890. The molecular weight excluding hydrogens is 138 g/mol. The lowest BCUT2D eigenvalue weighted by molar-refractivity contribution is 0.279. The predicted molar refractivity (Wildman–Crippen MR) is 44.4 cm³/mol. The fourth-order valence-electron chi connectivity index (χ4n) is 1.29. The molecule has 1 N–H and O–H groups in total. The van der Waals surface area contributed by atoms with Crippen molar-refractivity contribution < 1.29 is 5.11 Å². The average Bonchev–Trinajstić information content (AvgIpc) is 1.85. The van der Waals surface area contributed by atoms with E-state index in [4.69, 9.17) is 5.11 Å². The normalized spacial score (nSPS) is 10.2. The standard InChI is InChI=1S/C9H13NO/c1-6-4-7(2)10-8(3)9(6)5-11/h4,11H,5H2,1-3H3. The quantitative estimate of drug-likeness (QED) is 0.659. The summed E-state index contributed by atoms with van der Waals surface area (Å²) in [5.74, 6) is 0. The summed E-state index contributed by atoms with van der Waals surface area (Å²) in [6.07, 6.45) is 0. The number of nitrogens with zero attached hydrogens (tertiary/aromatic N) is 1. The van der Waals surface area contributed by atoms with E-state index in [1.807, 2.05) is 26.8 Å². The Labute approximate surface area is 66.9 Å². The molecule has 0 amide bonds. The fraction of sp³-hybridized carbons (Fsp3) is 0.444. The average molecular weight is 151 g/mol. The zero-order chi connectivity index (χ0) is 8.43. The minimum absolute atomic E-state index is 0.0882. The van der Waals surface area contributed by atoms with Crippen LogP contribution in [0.1, 0.15) is 22.5 Å². The van der Waals surface area contributed by atoms with Crippen LogP contribution in [-0.2, 0) is 6.61 Å². The van der Waals surface area contributed by atoms with Gasteiger partial charge in [0.05, 0.1) is 6.61 Å². The van der Waals surface area contributed by atoms with E-state index in [1.54, 1.807) is 0 Å². The monoisotopic (exact) mass is 151 g/mol. The molecular formula is C9H13NO. The summed E-state index contributed by atoms with van der Waals surface area (Å²) in [7, 11) is 0. The van der Waals surface area contributed by atoms with Gasteiger partial charge in [0.15, 0.2) is 0 Å². The largest absolute Gasteiger partial charge is 0.392 e. The first-order valence-corrected chi connectivity index (χ1v) is 3.69. The molecule has 0 saturated heterocycles. The lowest BCUT2D eigenvalue weighted by Gasteiger charge is -2.06. The number of aryl methyl sites for hydroxylation is 3. The Kier molecular flexibility index (Phi) is 2.25. The Morgan fingerprint density at radius 2 is 2.00 bits per heavy atom. The number of aliphatic hydroxyl groups excluding tert-OH is 1. The van der Waals surface area contributed by atoms with Crippen LogP contribution >= 0.6 is 0 Å². The third-order valence-electron chi connectivity index (χ3n) is 1.84. The Morgan fingerprint density at radius 1 is 1.36 bits per heavy atom. The van der Waals surface area contributed by atoms with E-state index in [2.05, 4.69) is 4.98 Å². The molecule has 11 heavy (non-hydrogen) atoms. The molecule has 0 aliphatic rings. The van der Waals surface area contributed by atoms with Gasteiger partial charge in [-0.15, -0.1) is 0 Å². The van der Waals surface area contributed by atoms with Crippen LogP contribution in [0.3, 0.4) is 0 Å². The first-order valence-electron chi connectivity index (χ1n) is 3.69. The van der Waals surface area contributed by atoms with E-state index in [0.717, 1.165) is 22.5 Å². The Balaban J connectivity index is 3.25. The zero-order valence-corrected chi connectivity index (χ0v) is 7.18. The third kappa shape index (κ3) is 1.57. The van der Waals surface area contributed by atoms with Crippen molar-refractivity contribution in [2.75, 3.05) is 0 Å². The molecule has 0 unspecified atom stereocenters. The fourth-order valence-corrected chi connectivity index (χ4v) is 1.29. The lowest BCUT2D eigenvalue weighted by Crippen LogP contribution is -1.97. The van der Waals surface area contributed by atoms with Crippen molar-refractivity contribution >= 4 is 0 Å². The Bertz CT molecular complexity index is 245. The lowest BCUT2D eigenvalue weighted by atomic mass is 10.1. The van der Waals surface area contributed by atoms with Crippen LogP contribution in [0.15, 0.2) is 6.07 Å². The van der Waals surface area contributed by atoms with Crippen molar-refractivity contribution in [1.82, 2.24) is 4.98 Å². The van der Waals surface area contributed by atoms with Crippen molar-refractivity contribution in [1.29, 1.82) is 0 Å². The molecule has 1 aromatic rings. The molecule has 1 aromatic heterocycles. The molecule has 2 nitrogen and oxygen atoms in total. The zero-order valence-electron chi connectivity index (χ0n) is 7.18. The molecule has 1 rings (SSSR count). The van der Waals surface area contributed by atoms with Gasteiger partial charge < -0.3 is 5.11 Å². The maximum atomic E-state index is 8.95. The van der Waals surface area contributed by atoms with Crippen molar-refractivity contribution in [2.45, 2.75) is 27.4 Å². The van der Waals surface area contributed by atoms with Gasteiger partial charge in [0.1, 0.15) is 0 Å². The van der Waals surface area contributed by atoms with Gasteiger partial charge in [-0.1, -0.05) is 0 Å². The molecule has 1 heterocycles. The maximum absolute atomic E-state index is 8.95. The number of aromatic nitrogens is 1. The van der Waals surface area contributed by atoms with Gasteiger partial charge in [-0.2, -0.15) is 0 Å². The van der Waals surface area contributed by atoms with Gasteiger partial charge in [-0.25, -0.2) is 0 Å². The highest BCUT2D eigenvalue weighted by Crippen LogP contribution is 2.12. The van der Waals surface area contributed by atoms with Crippen molar-refractivity contribution in [2.24, 2.45) is 0 Å². The molecule has 0 fully saturated rings. The molecule has 0 aliphatic carbocycles. The summed E-state index contributed by atoms with van der Waals surface area (Å²) in [5, 5.41) is 8.95. The van der Waals surface area contributed by atoms with Crippen molar-refractivity contribution in [3.05, 3.63) is 28.6 Å². The molecule has 0 atom stereocenters. The third-order valence-corrected chi connectivity index (χ3v) is 1.84. The predicted octanol–water partition coefficient (Wildman–Crippen LogP) is 1.50. The van der Waals surface area contributed by atoms with Crippen LogP contribution < -0.4 is 0 Å². The molecule has 0 radical (unpaired) electrons. The van der Waals surface area contributed by atoms with Crippen LogP contribution in [0.5, 0.6) is 0 Å². The summed E-state index contributed by atoms with van der Waals surface area (Å²) >= 11 is 0. The second kappa shape index (κ2) is 3.01. The number of hydrogen-bond acceptors (Lipinski definition) is 2. The molecule has 60 valence electrons. The van der Waals surface area contributed by atoms with E-state index in [9.17, 15) is 0 Å². The van der Waals surface area contributed by atoms with Gasteiger partial charge in [0.25, 0.3) is 0 Å². The van der Waals surface area contributed by atoms with Crippen LogP contribution in [-0.4, -0.2) is 10.1 Å². The van der Waals surface area contributed by atoms with E-state index in [0.29, 0.717) is 0 Å². The van der Waals surface area contributed by atoms with Crippen LogP contribution in [0.25, 0.3) is 0 Å². The van der Waals surface area contributed by atoms with Gasteiger partial charge in [-0.05, 0) is 32.4 Å². The van der Waals surface area contributed by atoms with E-state index < -0.39 is 0 Å². The first kappa shape index (κ1) is 8.21. The molecule has 0 saturated carbocycles. The molecule has 0 aromatic carbocycles. The Morgan fingerprint density at radius 3 is 2.45 bits per heavy atom. The number of pyridine rings is 1. The van der Waals surface area contributed by atoms with Crippen LogP contribution in [0, 0.1) is 20.8 Å². The molecule has 2 heteroatoms. The van der Waals surface area contributed by atoms with Gasteiger partial charge in [0.2, 0.25) is 0 Å². The SMILES string of the molecule is Cc1cc(C)c(CO)c(C)n1. The molecule has 0 spiro atoms. The molecule has 0 bridgehead atoms. The van der Waals surface area contributed by atoms with Crippen molar-refractivity contribution in [3.8, 4) is 0 Å². The highest BCUT2D eigenvalue weighted by Gasteiger charge is 2.02. The minimum Gasteiger partial charge on any atom is -0.392 e. The minimum atomic E-state index is 0.0882. The summed E-state index contributed by atoms with van der Waals surface area (Å²) in [4.78, 5) is 4.25. The maximum Gasteiger partial charge on any atom is 0.0702 e. The second-order valence-electron chi connectivity index (χ2n) is 2.80. The summed E-state index contributed by atoms with van der Waals surface area (Å²) in [6.45, 7) is 5.96. The van der Waals surface area contributed by atoms with Crippen molar-refractivity contribution in [3.63, 3.8) is 0 Å². The highest BCUT2D eigenvalue weighted by molar-refractivity contribution is 5.29. The van der Waals surface area contributed by atoms with Gasteiger partial charge >= 0.3 is 0 Å². The van der Waals surface area contributed by atoms with E-state index >= 15 is 0 Å². The van der Waals surface area contributed by atoms with Gasteiger partial charge in [0, 0.05) is 17.0 Å². The molecule has 0 aliphatic heterocycles. The first-order chi connectivity index (χ1) is 5.15. The number of hydrogen-bond donors (Lipinski definition) is 1. The summed E-state index contributed by atoms with van der Waals surface area (Å²) in [6, 6.07) is 1.98.